The van der Waals surface area contributed by atoms with Gasteiger partial charge in [0, 0.05) is 17.5 Å². The second kappa shape index (κ2) is 9.22. The molecule has 0 bridgehead atoms. The number of carboxylic acids is 1. The molecule has 1 aromatic heterocycles. The van der Waals surface area contributed by atoms with Crippen LogP contribution in [0.25, 0.3) is 22.1 Å². The van der Waals surface area contributed by atoms with E-state index in [4.69, 9.17) is 9.15 Å². The summed E-state index contributed by atoms with van der Waals surface area (Å²) in [6.45, 7) is 1.61. The van der Waals surface area contributed by atoms with Crippen molar-refractivity contribution in [3.63, 3.8) is 0 Å². The first-order valence-corrected chi connectivity index (χ1v) is 9.57. The molecule has 0 radical (unpaired) electrons. The Morgan fingerprint density at radius 3 is 2.57 bits per heavy atom. The fraction of sp³-hybridized carbons (Fsp3) is 0.304. The minimum absolute atomic E-state index is 0.372. The Bertz CT molecular complexity index is 1000. The fourth-order valence-corrected chi connectivity index (χ4v) is 3.30. The number of hydrogen-bond donors (Lipinski definition) is 0. The van der Waals surface area contributed by atoms with Crippen LogP contribution < -0.4 is 15.5 Å². The van der Waals surface area contributed by atoms with Crippen LogP contribution in [0, 0.1) is 0 Å². The first-order valence-electron chi connectivity index (χ1n) is 9.57. The number of unbranched alkanes of at least 4 members (excludes halogenated alkanes) is 3. The maximum absolute atomic E-state index is 12.1. The van der Waals surface area contributed by atoms with E-state index in [1.54, 1.807) is 6.07 Å². The Labute approximate surface area is 163 Å². The Kier molecular flexibility index (Phi) is 6.48. The van der Waals surface area contributed by atoms with Crippen molar-refractivity contribution >= 4 is 16.9 Å². The van der Waals surface area contributed by atoms with Gasteiger partial charge in [-0.2, -0.15) is 0 Å². The maximum atomic E-state index is 12.1. The summed E-state index contributed by atoms with van der Waals surface area (Å²) in [4.78, 5) is 22.9. The number of ether oxygens (including phenoxy) is 1. The molecule has 0 N–H and O–H groups in total. The molecule has 0 amide bonds. The van der Waals surface area contributed by atoms with Crippen molar-refractivity contribution in [1.29, 1.82) is 0 Å². The van der Waals surface area contributed by atoms with E-state index >= 15 is 0 Å². The fourth-order valence-electron chi connectivity index (χ4n) is 3.30. The third-order valence-electron chi connectivity index (χ3n) is 4.66. The molecule has 28 heavy (non-hydrogen) atoms. The molecular weight excluding hydrogens is 356 g/mol. The van der Waals surface area contributed by atoms with Gasteiger partial charge in [0.25, 0.3) is 0 Å². The summed E-state index contributed by atoms with van der Waals surface area (Å²) >= 11 is 0. The van der Waals surface area contributed by atoms with Gasteiger partial charge < -0.3 is 19.1 Å². The summed E-state index contributed by atoms with van der Waals surface area (Å²) in [6.07, 6.45) is 5.09. The van der Waals surface area contributed by atoms with Gasteiger partial charge in [-0.25, -0.2) is 4.79 Å². The lowest BCUT2D eigenvalue weighted by atomic mass is 9.98. The van der Waals surface area contributed by atoms with E-state index in [1.165, 1.54) is 6.07 Å². The van der Waals surface area contributed by atoms with E-state index < -0.39 is 18.2 Å². The van der Waals surface area contributed by atoms with Crippen LogP contribution >= 0.6 is 0 Å². The highest BCUT2D eigenvalue weighted by molar-refractivity contribution is 5.94. The van der Waals surface area contributed by atoms with Crippen LogP contribution in [0.5, 0.6) is 5.75 Å². The molecule has 0 aliphatic rings. The van der Waals surface area contributed by atoms with E-state index in [-0.39, 0.29) is 0 Å². The molecule has 0 aliphatic heterocycles. The highest BCUT2D eigenvalue weighted by atomic mass is 16.5. The molecule has 0 unspecified atom stereocenters. The topological polar surface area (TPSA) is 79.6 Å². The van der Waals surface area contributed by atoms with Crippen molar-refractivity contribution in [2.75, 3.05) is 6.61 Å². The monoisotopic (exact) mass is 379 g/mol. The van der Waals surface area contributed by atoms with E-state index in [1.807, 2.05) is 36.4 Å². The Balaban J connectivity index is 2.08. The van der Waals surface area contributed by atoms with Gasteiger partial charge in [-0.05, 0) is 35.6 Å². The van der Waals surface area contributed by atoms with Gasteiger partial charge >= 0.3 is 5.63 Å². The zero-order chi connectivity index (χ0) is 19.9. The first kappa shape index (κ1) is 19.7. The third kappa shape index (κ3) is 4.80. The summed E-state index contributed by atoms with van der Waals surface area (Å²) in [6, 6.07) is 14.7. The van der Waals surface area contributed by atoms with Gasteiger partial charge in [0.15, 0.2) is 0 Å². The molecule has 0 spiro atoms. The van der Waals surface area contributed by atoms with Crippen molar-refractivity contribution < 1.29 is 19.1 Å². The van der Waals surface area contributed by atoms with Crippen LogP contribution in [0.4, 0.5) is 0 Å². The molecule has 3 rings (SSSR count). The van der Waals surface area contributed by atoms with Crippen LogP contribution in [0.15, 0.2) is 57.7 Å². The van der Waals surface area contributed by atoms with Crippen LogP contribution in [0.2, 0.25) is 0 Å². The van der Waals surface area contributed by atoms with E-state index in [2.05, 4.69) is 6.92 Å². The number of aliphatic carboxylic acids is 1. The number of aryl methyl sites for hydroxylation is 1. The number of benzene rings is 2. The maximum Gasteiger partial charge on any atom is 0.336 e. The summed E-state index contributed by atoms with van der Waals surface area (Å²) in [5.41, 5.74) is 2.51. The highest BCUT2D eigenvalue weighted by Crippen LogP contribution is 2.33. The number of hydrogen-bond acceptors (Lipinski definition) is 5. The largest absolute Gasteiger partial charge is 0.546 e. The van der Waals surface area contributed by atoms with Crippen LogP contribution in [-0.2, 0) is 11.2 Å². The Morgan fingerprint density at radius 2 is 1.86 bits per heavy atom. The summed E-state index contributed by atoms with van der Waals surface area (Å²) in [7, 11) is 0. The number of carbonyl (C=O) groups excluding carboxylic acids is 1. The summed E-state index contributed by atoms with van der Waals surface area (Å²) in [5.74, 6) is -0.877. The average Bonchev–Trinajstić information content (AvgIpc) is 2.69. The van der Waals surface area contributed by atoms with Crippen LogP contribution in [0.3, 0.4) is 0 Å². The quantitative estimate of drug-likeness (QED) is 0.418. The summed E-state index contributed by atoms with van der Waals surface area (Å²) in [5, 5.41) is 11.6. The van der Waals surface area contributed by atoms with Crippen LogP contribution in [0.1, 0.15) is 38.2 Å². The second-order valence-corrected chi connectivity index (χ2v) is 6.77. The van der Waals surface area contributed by atoms with Crippen LogP contribution in [-0.4, -0.2) is 12.6 Å². The normalized spacial score (nSPS) is 10.9. The minimum atomic E-state index is -1.29. The second-order valence-electron chi connectivity index (χ2n) is 6.77. The molecule has 0 saturated heterocycles. The van der Waals surface area contributed by atoms with Gasteiger partial charge in [0.2, 0.25) is 0 Å². The first-order chi connectivity index (χ1) is 13.6. The molecule has 0 aliphatic carbocycles. The zero-order valence-electron chi connectivity index (χ0n) is 15.9. The predicted octanol–water partition coefficient (Wildman–Crippen LogP) is 3.71. The molecule has 146 valence electrons. The standard InChI is InChI=1S/C23H24O5/c1-2-3-4-6-11-17-12-19-18(16-9-7-5-8-10-16)13-23(26)28-21(19)14-20(17)27-15-22(24)25/h5,7-10,12-14H,2-4,6,11,15H2,1H3,(H,24,25)/p-1. The van der Waals surface area contributed by atoms with Gasteiger partial charge in [-0.15, -0.1) is 0 Å². The lowest BCUT2D eigenvalue weighted by molar-refractivity contribution is -0.307. The van der Waals surface area contributed by atoms with Gasteiger partial charge in [0.05, 0.1) is 5.97 Å². The van der Waals surface area contributed by atoms with Crippen molar-refractivity contribution in [1.82, 2.24) is 0 Å². The van der Waals surface area contributed by atoms with E-state index in [0.29, 0.717) is 11.3 Å². The predicted molar refractivity (Wildman–Crippen MR) is 106 cm³/mol. The van der Waals surface area contributed by atoms with Crippen molar-refractivity contribution in [2.45, 2.75) is 39.0 Å². The van der Waals surface area contributed by atoms with Gasteiger partial charge in [-0.3, -0.25) is 0 Å². The minimum Gasteiger partial charge on any atom is -0.546 e. The molecule has 0 atom stereocenters. The smallest absolute Gasteiger partial charge is 0.336 e. The number of fused-ring (bicyclic) bond motifs is 1. The van der Waals surface area contributed by atoms with E-state index in [9.17, 15) is 14.7 Å². The number of carbonyl (C=O) groups is 1. The average molecular weight is 379 g/mol. The highest BCUT2D eigenvalue weighted by Gasteiger charge is 2.13. The van der Waals surface area contributed by atoms with Crippen molar-refractivity contribution in [3.8, 4) is 16.9 Å². The molecule has 0 fully saturated rings. The molecule has 5 nitrogen and oxygen atoms in total. The molecule has 3 aromatic rings. The van der Waals surface area contributed by atoms with E-state index in [0.717, 1.165) is 54.2 Å². The SMILES string of the molecule is CCCCCCc1cc2c(-c3ccccc3)cc(=O)oc2cc1OCC(=O)[O-]. The Morgan fingerprint density at radius 1 is 1.07 bits per heavy atom. The van der Waals surface area contributed by atoms with Crippen molar-refractivity contribution in [3.05, 3.63) is 64.5 Å². The van der Waals surface area contributed by atoms with Crippen molar-refractivity contribution in [2.24, 2.45) is 0 Å². The third-order valence-corrected chi connectivity index (χ3v) is 4.66. The molecule has 1 heterocycles. The molecular formula is C23H23O5-. The Hall–Kier alpha value is -3.08. The number of carboxylic acid groups (broad SMARTS) is 1. The lowest BCUT2D eigenvalue weighted by Crippen LogP contribution is -2.29. The zero-order valence-corrected chi connectivity index (χ0v) is 15.9. The molecule has 0 saturated carbocycles. The van der Waals surface area contributed by atoms with Gasteiger partial charge in [0.1, 0.15) is 17.9 Å². The lowest BCUT2D eigenvalue weighted by Gasteiger charge is -2.14. The van der Waals surface area contributed by atoms with Gasteiger partial charge in [-0.1, -0.05) is 56.5 Å². The summed E-state index contributed by atoms with van der Waals surface area (Å²) < 4.78 is 10.8. The molecule has 2 aromatic carbocycles. The molecule has 5 heteroatoms. The number of rotatable bonds is 9.